The van der Waals surface area contributed by atoms with Gasteiger partial charge in [-0.3, -0.25) is 0 Å². The average molecular weight is 308 g/mol. The molecule has 0 aromatic rings. The molecule has 3 atom stereocenters. The third kappa shape index (κ3) is 2.62. The summed E-state index contributed by atoms with van der Waals surface area (Å²) in [5.41, 5.74) is 0.445. The normalized spacial score (nSPS) is 33.0. The number of carbonyl (C=O) groups excluding carboxylic acids is 1. The smallest absolute Gasteiger partial charge is 0.362 e. The summed E-state index contributed by atoms with van der Waals surface area (Å²) in [7, 11) is 0. The first-order chi connectivity index (χ1) is 10.2. The SMILES string of the molecule is C=CC[N+](CC)(CC)CC(=O)O[C@@H]1C[C@H]2CC[C@@]1(C)C2(C)C. The largest absolute Gasteiger partial charge is 0.458 e. The molecular formula is C19H34NO2+. The number of ether oxygens (including phenoxy) is 1. The minimum Gasteiger partial charge on any atom is -0.458 e. The van der Waals surface area contributed by atoms with Gasteiger partial charge in [-0.15, -0.1) is 0 Å². The molecule has 2 saturated carbocycles. The first-order valence-electron chi connectivity index (χ1n) is 8.90. The van der Waals surface area contributed by atoms with Gasteiger partial charge >= 0.3 is 5.97 Å². The summed E-state index contributed by atoms with van der Waals surface area (Å²) in [6, 6.07) is 0. The monoisotopic (exact) mass is 308 g/mol. The minimum atomic E-state index is -0.0277. The summed E-state index contributed by atoms with van der Waals surface area (Å²) in [4.78, 5) is 12.6. The molecule has 3 heteroatoms. The van der Waals surface area contributed by atoms with Gasteiger partial charge in [-0.25, -0.2) is 4.79 Å². The molecule has 0 saturated heterocycles. The molecule has 3 nitrogen and oxygen atoms in total. The first-order valence-corrected chi connectivity index (χ1v) is 8.90. The van der Waals surface area contributed by atoms with E-state index in [0.717, 1.165) is 30.5 Å². The Morgan fingerprint density at radius 2 is 1.95 bits per heavy atom. The van der Waals surface area contributed by atoms with Gasteiger partial charge in [0.2, 0.25) is 0 Å². The molecule has 0 spiro atoms. The fraction of sp³-hybridized carbons (Fsp3) is 0.842. The van der Waals surface area contributed by atoms with Crippen LogP contribution in [0.5, 0.6) is 0 Å². The maximum absolute atomic E-state index is 12.6. The molecular weight excluding hydrogens is 274 g/mol. The molecule has 0 unspecified atom stereocenters. The van der Waals surface area contributed by atoms with Crippen molar-refractivity contribution in [3.63, 3.8) is 0 Å². The molecule has 2 aliphatic rings. The molecule has 0 N–H and O–H groups in total. The number of rotatable bonds is 7. The second-order valence-corrected chi connectivity index (χ2v) is 8.19. The predicted octanol–water partition coefficient (Wildman–Crippen LogP) is 3.79. The van der Waals surface area contributed by atoms with Gasteiger partial charge in [0.1, 0.15) is 6.10 Å². The van der Waals surface area contributed by atoms with Crippen molar-refractivity contribution in [2.45, 2.75) is 60.0 Å². The van der Waals surface area contributed by atoms with E-state index in [-0.39, 0.29) is 17.5 Å². The Morgan fingerprint density at radius 3 is 2.36 bits per heavy atom. The van der Waals surface area contributed by atoms with Gasteiger partial charge in [0.05, 0.1) is 19.6 Å². The fourth-order valence-corrected chi connectivity index (χ4v) is 4.82. The third-order valence-corrected chi connectivity index (χ3v) is 7.31. The number of likely N-dealkylation sites (N-methyl/N-ethyl adjacent to an activating group) is 1. The lowest BCUT2D eigenvalue weighted by atomic mass is 9.70. The number of hydrogen-bond acceptors (Lipinski definition) is 2. The van der Waals surface area contributed by atoms with Gasteiger partial charge in [0.15, 0.2) is 6.54 Å². The Morgan fingerprint density at radius 1 is 1.32 bits per heavy atom. The zero-order chi connectivity index (χ0) is 16.6. The lowest BCUT2D eigenvalue weighted by molar-refractivity contribution is -0.912. The van der Waals surface area contributed by atoms with Crippen LogP contribution < -0.4 is 0 Å². The van der Waals surface area contributed by atoms with E-state index in [0.29, 0.717) is 17.9 Å². The summed E-state index contributed by atoms with van der Waals surface area (Å²) in [6.45, 7) is 18.3. The second kappa shape index (κ2) is 5.99. The highest BCUT2D eigenvalue weighted by Gasteiger charge is 2.63. The third-order valence-electron chi connectivity index (χ3n) is 7.31. The van der Waals surface area contributed by atoms with Gasteiger partial charge in [0, 0.05) is 5.41 Å². The molecule has 22 heavy (non-hydrogen) atoms. The standard InChI is InChI=1S/C19H34NO2/c1-7-12-20(8-2,9-3)14-17(21)22-16-13-15-10-11-19(16,6)18(15,4)5/h7,15-16H,1,8-14H2,2-6H3/q+1/t15-,16-,19-/m1/s1. The molecule has 0 aromatic carbocycles. The van der Waals surface area contributed by atoms with Crippen molar-refractivity contribution in [1.82, 2.24) is 0 Å². The van der Waals surface area contributed by atoms with Crippen LogP contribution in [0.2, 0.25) is 0 Å². The van der Waals surface area contributed by atoms with Crippen molar-refractivity contribution in [1.29, 1.82) is 0 Å². The van der Waals surface area contributed by atoms with Crippen molar-refractivity contribution in [3.8, 4) is 0 Å². The lowest BCUT2D eigenvalue weighted by Crippen LogP contribution is -2.52. The molecule has 2 fully saturated rings. The van der Waals surface area contributed by atoms with E-state index in [1.54, 1.807) is 0 Å². The highest BCUT2D eigenvalue weighted by molar-refractivity contribution is 5.71. The number of carbonyl (C=O) groups is 1. The van der Waals surface area contributed by atoms with Crippen LogP contribution >= 0.6 is 0 Å². The summed E-state index contributed by atoms with van der Waals surface area (Å²) in [5, 5.41) is 0. The Hall–Kier alpha value is -0.830. The van der Waals surface area contributed by atoms with Gasteiger partial charge in [0.25, 0.3) is 0 Å². The highest BCUT2D eigenvalue weighted by atomic mass is 16.5. The fourth-order valence-electron chi connectivity index (χ4n) is 4.82. The Kier molecular flexibility index (Phi) is 4.77. The van der Waals surface area contributed by atoms with E-state index in [4.69, 9.17) is 4.74 Å². The molecule has 0 heterocycles. The van der Waals surface area contributed by atoms with E-state index in [9.17, 15) is 4.79 Å². The minimum absolute atomic E-state index is 0.0277. The molecule has 0 aromatic heterocycles. The van der Waals surface area contributed by atoms with Crippen molar-refractivity contribution >= 4 is 5.97 Å². The number of fused-ring (bicyclic) bond motifs is 2. The highest BCUT2D eigenvalue weighted by Crippen LogP contribution is 2.66. The second-order valence-electron chi connectivity index (χ2n) is 8.19. The van der Waals surface area contributed by atoms with Crippen LogP contribution in [-0.2, 0) is 9.53 Å². The summed E-state index contributed by atoms with van der Waals surface area (Å²) in [5.74, 6) is 0.681. The van der Waals surface area contributed by atoms with Crippen molar-refractivity contribution in [2.75, 3.05) is 26.2 Å². The first kappa shape index (κ1) is 17.5. The van der Waals surface area contributed by atoms with Crippen LogP contribution in [0.4, 0.5) is 0 Å². The molecule has 0 radical (unpaired) electrons. The van der Waals surface area contributed by atoms with E-state index in [2.05, 4.69) is 41.2 Å². The van der Waals surface area contributed by atoms with Gasteiger partial charge in [-0.1, -0.05) is 27.4 Å². The van der Waals surface area contributed by atoms with Crippen LogP contribution in [0.3, 0.4) is 0 Å². The van der Waals surface area contributed by atoms with E-state index < -0.39 is 0 Å². The Balaban J connectivity index is 2.03. The summed E-state index contributed by atoms with van der Waals surface area (Å²) in [6.07, 6.45) is 5.56. The molecule has 2 bridgehead atoms. The van der Waals surface area contributed by atoms with E-state index in [1.165, 1.54) is 12.8 Å². The van der Waals surface area contributed by atoms with Crippen LogP contribution in [0, 0.1) is 16.7 Å². The zero-order valence-corrected chi connectivity index (χ0v) is 15.2. The van der Waals surface area contributed by atoms with E-state index in [1.807, 2.05) is 6.08 Å². The Bertz CT molecular complexity index is 439. The quantitative estimate of drug-likeness (QED) is 0.406. The maximum atomic E-state index is 12.6. The van der Waals surface area contributed by atoms with Gasteiger partial charge in [-0.2, -0.15) is 0 Å². The predicted molar refractivity (Wildman–Crippen MR) is 90.4 cm³/mol. The Labute approximate surface area is 136 Å². The maximum Gasteiger partial charge on any atom is 0.362 e. The van der Waals surface area contributed by atoms with Crippen molar-refractivity contribution in [3.05, 3.63) is 12.7 Å². The zero-order valence-electron chi connectivity index (χ0n) is 15.2. The summed E-state index contributed by atoms with van der Waals surface area (Å²) >= 11 is 0. The van der Waals surface area contributed by atoms with Crippen molar-refractivity contribution in [2.24, 2.45) is 16.7 Å². The van der Waals surface area contributed by atoms with Crippen LogP contribution in [-0.4, -0.2) is 42.7 Å². The van der Waals surface area contributed by atoms with E-state index >= 15 is 0 Å². The molecule has 2 rings (SSSR count). The van der Waals surface area contributed by atoms with Crippen molar-refractivity contribution < 1.29 is 14.0 Å². The topological polar surface area (TPSA) is 26.3 Å². The summed E-state index contributed by atoms with van der Waals surface area (Å²) < 4.78 is 6.75. The number of esters is 1. The van der Waals surface area contributed by atoms with Crippen LogP contribution in [0.1, 0.15) is 53.9 Å². The van der Waals surface area contributed by atoms with Gasteiger partial charge < -0.3 is 9.22 Å². The molecule has 2 aliphatic carbocycles. The molecule has 0 amide bonds. The molecule has 126 valence electrons. The lowest BCUT2D eigenvalue weighted by Gasteiger charge is -2.39. The van der Waals surface area contributed by atoms with Crippen LogP contribution in [0.25, 0.3) is 0 Å². The number of quaternary nitrogens is 1. The number of hydrogen-bond donors (Lipinski definition) is 0. The number of nitrogens with zero attached hydrogens (tertiary/aromatic N) is 1. The van der Waals surface area contributed by atoms with Gasteiger partial charge in [-0.05, 0) is 50.5 Å². The van der Waals surface area contributed by atoms with Crippen LogP contribution in [0.15, 0.2) is 12.7 Å². The molecule has 0 aliphatic heterocycles. The average Bonchev–Trinajstić information content (AvgIpc) is 2.80.